The Hall–Kier alpha value is -3.18. The molecule has 0 spiro atoms. The fraction of sp³-hybridized carbons (Fsp3) is 0.536. The predicted molar refractivity (Wildman–Crippen MR) is 145 cm³/mol. The van der Waals surface area contributed by atoms with Gasteiger partial charge in [0, 0.05) is 36.7 Å². The Labute approximate surface area is 231 Å². The summed E-state index contributed by atoms with van der Waals surface area (Å²) < 4.78 is 19.4. The van der Waals surface area contributed by atoms with Crippen LogP contribution >= 0.6 is 11.3 Å². The van der Waals surface area contributed by atoms with Crippen LogP contribution in [0.1, 0.15) is 55.5 Å². The predicted octanol–water partition coefficient (Wildman–Crippen LogP) is 2.95. The SMILES string of the molecule is CC1=C[C@@H](O)CC(=O)Cc2nc(cs2)C(=O)N2CCC[C@@H]2C(=O)O[C@H]([C@H](C)CF)[C@H](C)/C=C/C(=O)NCC=C1. The number of hydrogen-bond donors (Lipinski definition) is 2. The lowest BCUT2D eigenvalue weighted by Gasteiger charge is -2.29. The van der Waals surface area contributed by atoms with Gasteiger partial charge >= 0.3 is 5.97 Å². The normalized spacial score (nSPS) is 27.8. The highest BCUT2D eigenvalue weighted by atomic mass is 32.1. The molecule has 9 nitrogen and oxygen atoms in total. The number of cyclic esters (lactones) is 1. The molecule has 3 rings (SSSR count). The molecule has 0 unspecified atom stereocenters. The zero-order valence-electron chi connectivity index (χ0n) is 22.5. The molecule has 1 saturated heterocycles. The number of amides is 2. The fourth-order valence-corrected chi connectivity index (χ4v) is 5.43. The molecule has 2 aliphatic heterocycles. The monoisotopic (exact) mass is 561 g/mol. The molecule has 5 atom stereocenters. The summed E-state index contributed by atoms with van der Waals surface area (Å²) in [6.07, 6.45) is 6.94. The Morgan fingerprint density at radius 2 is 2.05 bits per heavy atom. The van der Waals surface area contributed by atoms with E-state index in [2.05, 4.69) is 10.3 Å². The van der Waals surface area contributed by atoms with Gasteiger partial charge in [-0.3, -0.25) is 18.8 Å². The summed E-state index contributed by atoms with van der Waals surface area (Å²) in [4.78, 5) is 56.9. The Morgan fingerprint density at radius 3 is 2.79 bits per heavy atom. The van der Waals surface area contributed by atoms with Crippen molar-refractivity contribution in [1.82, 2.24) is 15.2 Å². The van der Waals surface area contributed by atoms with Crippen molar-refractivity contribution in [3.05, 3.63) is 52.0 Å². The third-order valence-corrected chi connectivity index (χ3v) is 7.55. The van der Waals surface area contributed by atoms with Crippen LogP contribution in [0.2, 0.25) is 0 Å². The maximum atomic E-state index is 13.7. The number of nitrogens with one attached hydrogen (secondary N) is 1. The Bertz CT molecular complexity index is 1150. The lowest BCUT2D eigenvalue weighted by molar-refractivity contribution is -0.158. The van der Waals surface area contributed by atoms with Gasteiger partial charge in [0.2, 0.25) is 5.91 Å². The highest BCUT2D eigenvalue weighted by molar-refractivity contribution is 7.09. The molecule has 1 aromatic heterocycles. The minimum atomic E-state index is -0.986. The lowest BCUT2D eigenvalue weighted by atomic mass is 9.93. The average Bonchev–Trinajstić information content (AvgIpc) is 3.57. The van der Waals surface area contributed by atoms with Crippen LogP contribution in [0.4, 0.5) is 4.39 Å². The van der Waals surface area contributed by atoms with Gasteiger partial charge in [0.05, 0.1) is 19.2 Å². The summed E-state index contributed by atoms with van der Waals surface area (Å²) in [5, 5.41) is 15.0. The fourth-order valence-electron chi connectivity index (χ4n) is 4.64. The number of hydrogen-bond acceptors (Lipinski definition) is 8. The van der Waals surface area contributed by atoms with Crippen molar-refractivity contribution in [1.29, 1.82) is 0 Å². The number of carbonyl (C=O) groups is 4. The maximum absolute atomic E-state index is 13.7. The van der Waals surface area contributed by atoms with Crippen molar-refractivity contribution in [2.45, 2.75) is 64.7 Å². The standard InChI is InChI=1S/C28H36FN3O6S/c1-17-6-4-10-30-24(35)9-8-18(2)26(19(3)15-29)38-28(37)23-7-5-11-32(23)27(36)22-16-39-25(31-22)14-21(34)13-20(33)12-17/h4,6,8-9,12,16,18-20,23,26,33H,5,7,10-11,13-15H2,1-3H3,(H,30,35)/b6-4?,9-8+,17-12?/t18-,19-,20-,23-,26+/m1/s1. The van der Waals surface area contributed by atoms with Crippen molar-refractivity contribution in [2.75, 3.05) is 19.8 Å². The third kappa shape index (κ3) is 8.66. The van der Waals surface area contributed by atoms with Gasteiger partial charge in [-0.05, 0) is 25.8 Å². The van der Waals surface area contributed by atoms with Crippen LogP contribution in [0.5, 0.6) is 0 Å². The number of carbonyl (C=O) groups excluding carboxylic acids is 4. The van der Waals surface area contributed by atoms with Crippen LogP contribution in [-0.4, -0.2) is 76.6 Å². The molecule has 2 aliphatic rings. The van der Waals surface area contributed by atoms with Crippen LogP contribution in [0.15, 0.2) is 41.3 Å². The van der Waals surface area contributed by atoms with E-state index in [0.29, 0.717) is 24.4 Å². The number of rotatable bonds is 2. The number of thiazole rings is 1. The summed E-state index contributed by atoms with van der Waals surface area (Å²) in [6.45, 7) is 4.99. The summed E-state index contributed by atoms with van der Waals surface area (Å²) in [5.41, 5.74) is 0.859. The Morgan fingerprint density at radius 1 is 1.28 bits per heavy atom. The summed E-state index contributed by atoms with van der Waals surface area (Å²) in [5.74, 6) is -2.74. The molecule has 1 aromatic rings. The smallest absolute Gasteiger partial charge is 0.329 e. The van der Waals surface area contributed by atoms with Crippen molar-refractivity contribution < 1.29 is 33.4 Å². The topological polar surface area (TPSA) is 126 Å². The number of ether oxygens (including phenoxy) is 1. The van der Waals surface area contributed by atoms with Gasteiger partial charge in [-0.2, -0.15) is 0 Å². The van der Waals surface area contributed by atoms with E-state index in [0.717, 1.165) is 5.57 Å². The number of aliphatic hydroxyl groups is 1. The van der Waals surface area contributed by atoms with Crippen molar-refractivity contribution in [3.8, 4) is 0 Å². The van der Waals surface area contributed by atoms with Gasteiger partial charge in [-0.1, -0.05) is 43.7 Å². The van der Waals surface area contributed by atoms with Crippen LogP contribution in [0.3, 0.4) is 0 Å². The molecular formula is C28H36FN3O6S. The molecule has 2 amide bonds. The number of nitrogens with zero attached hydrogens (tertiary/aromatic N) is 2. The molecule has 0 aliphatic carbocycles. The van der Waals surface area contributed by atoms with Gasteiger partial charge in [-0.15, -0.1) is 11.3 Å². The molecule has 11 heteroatoms. The summed E-state index contributed by atoms with van der Waals surface area (Å²) in [7, 11) is 0. The second kappa shape index (κ2) is 14.3. The van der Waals surface area contributed by atoms with Crippen LogP contribution in [0, 0.1) is 11.8 Å². The zero-order valence-corrected chi connectivity index (χ0v) is 23.3. The molecule has 0 saturated carbocycles. The van der Waals surface area contributed by atoms with E-state index in [1.165, 1.54) is 22.3 Å². The molecule has 212 valence electrons. The third-order valence-electron chi connectivity index (χ3n) is 6.70. The second-order valence-electron chi connectivity index (χ2n) is 10.1. The van der Waals surface area contributed by atoms with E-state index in [1.807, 2.05) is 0 Å². The zero-order chi connectivity index (χ0) is 28.5. The molecule has 3 heterocycles. The first-order valence-corrected chi connectivity index (χ1v) is 14.0. The molecule has 0 radical (unpaired) electrons. The van der Waals surface area contributed by atoms with E-state index in [9.17, 15) is 28.7 Å². The summed E-state index contributed by atoms with van der Waals surface area (Å²) >= 11 is 1.17. The number of aliphatic hydroxyl groups excluding tert-OH is 1. The number of Topliss-reactive ketones (excluding diaryl/α,β-unsaturated/α-hetero) is 1. The number of halogens is 1. The number of fused-ring (bicyclic) bond motifs is 3. The van der Waals surface area contributed by atoms with Crippen molar-refractivity contribution in [3.63, 3.8) is 0 Å². The Balaban J connectivity index is 1.87. The summed E-state index contributed by atoms with van der Waals surface area (Å²) in [6, 6.07) is -0.836. The van der Waals surface area contributed by atoms with Crippen LogP contribution < -0.4 is 5.32 Å². The maximum Gasteiger partial charge on any atom is 0.329 e. The molecule has 0 aromatic carbocycles. The van der Waals surface area contributed by atoms with E-state index >= 15 is 0 Å². The minimum absolute atomic E-state index is 0.0249. The highest BCUT2D eigenvalue weighted by Gasteiger charge is 2.39. The van der Waals surface area contributed by atoms with Crippen LogP contribution in [0.25, 0.3) is 0 Å². The second-order valence-corrected chi connectivity index (χ2v) is 11.0. The van der Waals surface area contributed by atoms with Gasteiger partial charge < -0.3 is 20.1 Å². The van der Waals surface area contributed by atoms with E-state index < -0.39 is 48.6 Å². The van der Waals surface area contributed by atoms with E-state index in [4.69, 9.17) is 4.74 Å². The molecule has 2 bridgehead atoms. The highest BCUT2D eigenvalue weighted by Crippen LogP contribution is 2.26. The van der Waals surface area contributed by atoms with E-state index in [1.54, 1.807) is 50.5 Å². The number of esters is 1. The first kappa shape index (κ1) is 30.4. The van der Waals surface area contributed by atoms with Gasteiger partial charge in [0.15, 0.2) is 0 Å². The van der Waals surface area contributed by atoms with E-state index in [-0.39, 0.29) is 36.8 Å². The molecule has 2 N–H and O–H groups in total. The number of alkyl halides is 1. The van der Waals surface area contributed by atoms with Crippen LogP contribution in [-0.2, 0) is 25.5 Å². The Kier molecular flexibility index (Phi) is 11.1. The van der Waals surface area contributed by atoms with Gasteiger partial charge in [0.1, 0.15) is 28.6 Å². The quantitative estimate of drug-likeness (QED) is 0.532. The molecule has 1 fully saturated rings. The number of allylic oxidation sites excluding steroid dienone is 2. The molecule has 39 heavy (non-hydrogen) atoms. The van der Waals surface area contributed by atoms with Crippen molar-refractivity contribution in [2.24, 2.45) is 11.8 Å². The first-order chi connectivity index (χ1) is 18.6. The average molecular weight is 562 g/mol. The number of aromatic nitrogens is 1. The largest absolute Gasteiger partial charge is 0.460 e. The first-order valence-electron chi connectivity index (χ1n) is 13.1. The molecular weight excluding hydrogens is 525 g/mol. The lowest BCUT2D eigenvalue weighted by Crippen LogP contribution is -2.44. The van der Waals surface area contributed by atoms with Crippen molar-refractivity contribution >= 4 is 34.9 Å². The van der Waals surface area contributed by atoms with Gasteiger partial charge in [0.25, 0.3) is 5.91 Å². The number of ketones is 1. The minimum Gasteiger partial charge on any atom is -0.460 e. The van der Waals surface area contributed by atoms with Gasteiger partial charge in [-0.25, -0.2) is 9.78 Å².